The summed E-state index contributed by atoms with van der Waals surface area (Å²) in [7, 11) is 0. The summed E-state index contributed by atoms with van der Waals surface area (Å²) in [6.45, 7) is 3.72. The van der Waals surface area contributed by atoms with Gasteiger partial charge in [0, 0.05) is 36.2 Å². The number of benzene rings is 2. The summed E-state index contributed by atoms with van der Waals surface area (Å²) in [4.78, 5) is 23.0. The molecule has 1 saturated carbocycles. The number of amides is 1. The zero-order valence-corrected chi connectivity index (χ0v) is 24.1. The van der Waals surface area contributed by atoms with Crippen molar-refractivity contribution in [3.63, 3.8) is 0 Å². The second kappa shape index (κ2) is 11.3. The number of aromatic nitrogens is 1. The van der Waals surface area contributed by atoms with Gasteiger partial charge in [-0.2, -0.15) is 0 Å². The van der Waals surface area contributed by atoms with Crippen LogP contribution in [0.25, 0.3) is 16.3 Å². The fraction of sp³-hybridized carbons (Fsp3) is 0.484. The fourth-order valence-corrected chi connectivity index (χ4v) is 7.81. The van der Waals surface area contributed by atoms with E-state index in [9.17, 15) is 4.79 Å². The Labute approximate surface area is 239 Å². The molecule has 3 heterocycles. The number of halogens is 2. The van der Waals surface area contributed by atoms with Gasteiger partial charge in [0.2, 0.25) is 5.91 Å². The molecule has 3 aliphatic rings. The third-order valence-electron chi connectivity index (χ3n) is 8.99. The number of piperidine rings is 1. The third kappa shape index (κ3) is 5.28. The summed E-state index contributed by atoms with van der Waals surface area (Å²) in [6, 6.07) is 10.1. The van der Waals surface area contributed by atoms with E-state index in [4.69, 9.17) is 28.2 Å². The number of fused-ring (bicyclic) bond motifs is 4. The van der Waals surface area contributed by atoms with Crippen molar-refractivity contribution < 1.29 is 4.79 Å². The van der Waals surface area contributed by atoms with Gasteiger partial charge in [-0.25, -0.2) is 4.98 Å². The van der Waals surface area contributed by atoms with Gasteiger partial charge in [0.25, 0.3) is 0 Å². The average molecular weight is 569 g/mol. The second-order valence-electron chi connectivity index (χ2n) is 11.3. The van der Waals surface area contributed by atoms with E-state index in [1.165, 1.54) is 42.4 Å². The molecule has 2 aliphatic heterocycles. The molecule has 0 radical (unpaired) electrons. The van der Waals surface area contributed by atoms with Crippen molar-refractivity contribution in [2.75, 3.05) is 31.1 Å². The minimum atomic E-state index is -0.00661. The molecule has 3 aromatic rings. The molecule has 2 aromatic carbocycles. The van der Waals surface area contributed by atoms with Crippen molar-refractivity contribution in [1.82, 2.24) is 9.88 Å². The summed E-state index contributed by atoms with van der Waals surface area (Å²) in [6.07, 6.45) is 14.7. The Balaban J connectivity index is 1.16. The SMILES string of the molecule is O=C(CCC1CCCCC1)N1CC2(CCN(C/C=C/c3ccc(Cl)c(Cl)c3)CC2)c2c1ccc1scnc21. The molecule has 38 heavy (non-hydrogen) atoms. The molecule has 2 fully saturated rings. The standard InChI is InChI=1S/C31H35Cl2N3OS/c32-24-10-8-23(19-25(24)33)7-4-16-35-17-14-31(15-18-35)20-36(28(37)13-9-22-5-2-1-3-6-22)26-11-12-27-30(29(26)31)34-21-38-27/h4,7-8,10-12,19,21-22H,1-3,5-6,9,13-18,20H2/b7-4+. The minimum Gasteiger partial charge on any atom is -0.311 e. The zero-order valence-electron chi connectivity index (χ0n) is 21.8. The van der Waals surface area contributed by atoms with Crippen molar-refractivity contribution in [3.05, 3.63) is 63.1 Å². The van der Waals surface area contributed by atoms with E-state index in [2.05, 4.69) is 34.1 Å². The van der Waals surface area contributed by atoms with Crippen LogP contribution >= 0.6 is 34.5 Å². The number of carbonyl (C=O) groups is 1. The van der Waals surface area contributed by atoms with E-state index < -0.39 is 0 Å². The molecule has 0 unspecified atom stereocenters. The first-order valence-corrected chi connectivity index (χ1v) is 15.7. The van der Waals surface area contributed by atoms with Crippen molar-refractivity contribution in [2.45, 2.75) is 63.2 Å². The summed E-state index contributed by atoms with van der Waals surface area (Å²) >= 11 is 13.9. The lowest BCUT2D eigenvalue weighted by Crippen LogP contribution is -2.46. The largest absolute Gasteiger partial charge is 0.311 e. The molecule has 0 bridgehead atoms. The molecule has 1 aromatic heterocycles. The van der Waals surface area contributed by atoms with Gasteiger partial charge in [-0.3, -0.25) is 9.69 Å². The minimum absolute atomic E-state index is 0.00661. The van der Waals surface area contributed by atoms with Crippen LogP contribution in [0.4, 0.5) is 5.69 Å². The molecule has 1 saturated heterocycles. The number of anilines is 1. The molecule has 4 nitrogen and oxygen atoms in total. The fourth-order valence-electron chi connectivity index (χ4n) is 6.82. The van der Waals surface area contributed by atoms with E-state index in [-0.39, 0.29) is 5.41 Å². The number of hydrogen-bond donors (Lipinski definition) is 0. The van der Waals surface area contributed by atoms with Crippen molar-refractivity contribution in [1.29, 1.82) is 0 Å². The topological polar surface area (TPSA) is 36.4 Å². The monoisotopic (exact) mass is 567 g/mol. The van der Waals surface area contributed by atoms with Crippen LogP contribution in [-0.2, 0) is 10.2 Å². The van der Waals surface area contributed by atoms with Crippen LogP contribution in [0.3, 0.4) is 0 Å². The molecular formula is C31H35Cl2N3OS. The number of thiazole rings is 1. The Hall–Kier alpha value is -1.92. The van der Waals surface area contributed by atoms with Crippen LogP contribution in [0.5, 0.6) is 0 Å². The van der Waals surface area contributed by atoms with Gasteiger partial charge >= 0.3 is 0 Å². The van der Waals surface area contributed by atoms with Gasteiger partial charge < -0.3 is 4.90 Å². The lowest BCUT2D eigenvalue weighted by atomic mass is 9.74. The third-order valence-corrected chi connectivity index (χ3v) is 10.5. The van der Waals surface area contributed by atoms with Crippen LogP contribution in [-0.4, -0.2) is 42.0 Å². The zero-order chi connectivity index (χ0) is 26.1. The maximum Gasteiger partial charge on any atom is 0.227 e. The summed E-state index contributed by atoms with van der Waals surface area (Å²) in [5.74, 6) is 1.03. The van der Waals surface area contributed by atoms with Gasteiger partial charge in [0.1, 0.15) is 0 Å². The molecule has 6 rings (SSSR count). The predicted molar refractivity (Wildman–Crippen MR) is 161 cm³/mol. The summed E-state index contributed by atoms with van der Waals surface area (Å²) in [5, 5.41) is 1.16. The maximum atomic E-state index is 13.6. The first kappa shape index (κ1) is 26.3. The molecule has 1 aliphatic carbocycles. The predicted octanol–water partition coefficient (Wildman–Crippen LogP) is 8.36. The Morgan fingerprint density at radius 3 is 2.68 bits per heavy atom. The van der Waals surface area contributed by atoms with Crippen LogP contribution in [0, 0.1) is 5.92 Å². The van der Waals surface area contributed by atoms with Gasteiger partial charge in [-0.05, 0) is 68.1 Å². The summed E-state index contributed by atoms with van der Waals surface area (Å²) in [5.41, 5.74) is 6.56. The highest BCUT2D eigenvalue weighted by atomic mass is 35.5. The van der Waals surface area contributed by atoms with Crippen molar-refractivity contribution in [2.24, 2.45) is 5.92 Å². The van der Waals surface area contributed by atoms with E-state index in [0.717, 1.165) is 68.1 Å². The lowest BCUT2D eigenvalue weighted by Gasteiger charge is -2.39. The highest BCUT2D eigenvalue weighted by molar-refractivity contribution is 7.16. The average Bonchev–Trinajstić information content (AvgIpc) is 3.54. The second-order valence-corrected chi connectivity index (χ2v) is 13.0. The number of likely N-dealkylation sites (tertiary alicyclic amines) is 1. The molecule has 0 atom stereocenters. The smallest absolute Gasteiger partial charge is 0.227 e. The molecular weight excluding hydrogens is 533 g/mol. The number of hydrogen-bond acceptors (Lipinski definition) is 4. The Bertz CT molecular complexity index is 1340. The lowest BCUT2D eigenvalue weighted by molar-refractivity contribution is -0.119. The van der Waals surface area contributed by atoms with Gasteiger partial charge in [-0.1, -0.05) is 73.5 Å². The van der Waals surface area contributed by atoms with E-state index in [1.54, 1.807) is 11.3 Å². The Morgan fingerprint density at radius 2 is 1.89 bits per heavy atom. The highest BCUT2D eigenvalue weighted by Crippen LogP contribution is 2.50. The normalized spacial score (nSPS) is 20.1. The number of carbonyl (C=O) groups excluding carboxylic acids is 1. The quantitative estimate of drug-likeness (QED) is 0.300. The number of rotatable bonds is 6. The molecule has 7 heteroatoms. The van der Waals surface area contributed by atoms with E-state index in [1.807, 2.05) is 23.7 Å². The van der Waals surface area contributed by atoms with E-state index >= 15 is 0 Å². The molecule has 0 N–H and O–H groups in total. The number of nitrogens with zero attached hydrogens (tertiary/aromatic N) is 3. The Kier molecular flexibility index (Phi) is 7.82. The van der Waals surface area contributed by atoms with Crippen LogP contribution in [0.15, 0.2) is 41.9 Å². The van der Waals surface area contributed by atoms with E-state index in [0.29, 0.717) is 22.4 Å². The van der Waals surface area contributed by atoms with Crippen LogP contribution in [0.2, 0.25) is 10.0 Å². The van der Waals surface area contributed by atoms with Gasteiger partial charge in [0.05, 0.1) is 25.8 Å². The van der Waals surface area contributed by atoms with Crippen LogP contribution in [0.1, 0.15) is 68.9 Å². The highest BCUT2D eigenvalue weighted by Gasteiger charge is 2.47. The molecule has 1 spiro atoms. The van der Waals surface area contributed by atoms with Gasteiger partial charge in [0.15, 0.2) is 0 Å². The maximum absolute atomic E-state index is 13.6. The first-order valence-electron chi connectivity index (χ1n) is 14.0. The molecule has 1 amide bonds. The van der Waals surface area contributed by atoms with Gasteiger partial charge in [-0.15, -0.1) is 11.3 Å². The summed E-state index contributed by atoms with van der Waals surface area (Å²) < 4.78 is 1.23. The molecule has 200 valence electrons. The van der Waals surface area contributed by atoms with Crippen molar-refractivity contribution in [3.8, 4) is 0 Å². The van der Waals surface area contributed by atoms with Crippen molar-refractivity contribution >= 4 is 62.4 Å². The Morgan fingerprint density at radius 1 is 1.08 bits per heavy atom. The van der Waals surface area contributed by atoms with Crippen LogP contribution < -0.4 is 4.90 Å². The first-order chi connectivity index (χ1) is 18.5.